The van der Waals surface area contributed by atoms with Gasteiger partial charge in [0.05, 0.1) is 17.3 Å². The molecule has 32 heavy (non-hydrogen) atoms. The van der Waals surface area contributed by atoms with Gasteiger partial charge in [-0.15, -0.1) is 0 Å². The summed E-state index contributed by atoms with van der Waals surface area (Å²) in [4.78, 5) is 26.5. The molecule has 2 N–H and O–H groups in total. The monoisotopic (exact) mass is 477 g/mol. The zero-order valence-corrected chi connectivity index (χ0v) is 18.9. The summed E-state index contributed by atoms with van der Waals surface area (Å²) in [6, 6.07) is 11.0. The van der Waals surface area contributed by atoms with Gasteiger partial charge in [-0.2, -0.15) is 4.31 Å². The normalized spacial score (nSPS) is 19.5. The number of primary amides is 1. The highest BCUT2D eigenvalue weighted by Crippen LogP contribution is 2.35. The predicted octanol–water partition coefficient (Wildman–Crippen LogP) is 2.80. The number of ether oxygens (including phenoxy) is 1. The quantitative estimate of drug-likeness (QED) is 0.728. The molecule has 2 aromatic rings. The lowest BCUT2D eigenvalue weighted by Gasteiger charge is -2.33. The molecule has 0 unspecified atom stereocenters. The lowest BCUT2D eigenvalue weighted by atomic mass is 10.1. The number of carbonyl (C=O) groups excluding carboxylic acids is 2. The van der Waals surface area contributed by atoms with Crippen LogP contribution in [0.15, 0.2) is 47.4 Å². The summed E-state index contributed by atoms with van der Waals surface area (Å²) in [6.07, 6.45) is 2.52. The van der Waals surface area contributed by atoms with Crippen LogP contribution in [0.5, 0.6) is 5.75 Å². The third-order valence-corrected chi connectivity index (χ3v) is 8.08. The molecule has 2 aliphatic rings. The van der Waals surface area contributed by atoms with E-state index in [0.29, 0.717) is 24.5 Å². The molecule has 0 spiro atoms. The second kappa shape index (κ2) is 9.09. The molecule has 8 nitrogen and oxygen atoms in total. The van der Waals surface area contributed by atoms with Crippen molar-refractivity contribution in [3.05, 3.63) is 53.1 Å². The fourth-order valence-electron chi connectivity index (χ4n) is 3.99. The van der Waals surface area contributed by atoms with E-state index in [1.165, 1.54) is 27.4 Å². The Morgan fingerprint density at radius 3 is 2.41 bits per heavy atom. The summed E-state index contributed by atoms with van der Waals surface area (Å²) in [5.74, 6) is -0.823. The van der Waals surface area contributed by atoms with Crippen LogP contribution < -0.4 is 15.4 Å². The Labute approximate surface area is 191 Å². The molecule has 2 heterocycles. The molecule has 1 fully saturated rings. The van der Waals surface area contributed by atoms with E-state index in [9.17, 15) is 18.0 Å². The third kappa shape index (κ3) is 4.32. The first kappa shape index (κ1) is 22.6. The number of hydrogen-bond acceptors (Lipinski definition) is 5. The molecule has 2 aliphatic heterocycles. The van der Waals surface area contributed by atoms with E-state index >= 15 is 0 Å². The molecular weight excluding hydrogens is 454 g/mol. The van der Waals surface area contributed by atoms with Crippen LogP contribution in [0, 0.1) is 0 Å². The minimum absolute atomic E-state index is 0.0585. The number of halogens is 1. The molecule has 0 aliphatic carbocycles. The SMILES string of the molecule is NC(=O)[C@@H]1CN(C(=O)c2ccc(Cl)c(S(=O)(=O)N3CCCCCC3)c2)c2ccccc2O1. The highest BCUT2D eigenvalue weighted by atomic mass is 35.5. The van der Waals surface area contributed by atoms with E-state index < -0.39 is 27.9 Å². The fourth-order valence-corrected chi connectivity index (χ4v) is 6.00. The van der Waals surface area contributed by atoms with Gasteiger partial charge in [0.1, 0.15) is 10.6 Å². The molecular formula is C22H24ClN3O5S. The minimum atomic E-state index is -3.86. The maximum atomic E-state index is 13.4. The van der Waals surface area contributed by atoms with Gasteiger partial charge in [0.25, 0.3) is 11.8 Å². The molecule has 10 heteroatoms. The second-order valence-corrected chi connectivity index (χ2v) is 10.2. The maximum Gasteiger partial charge on any atom is 0.260 e. The zero-order chi connectivity index (χ0) is 22.9. The number of amides is 2. The second-order valence-electron chi connectivity index (χ2n) is 7.86. The molecule has 2 amide bonds. The van der Waals surface area contributed by atoms with Gasteiger partial charge in [0.2, 0.25) is 10.0 Å². The van der Waals surface area contributed by atoms with Crippen LogP contribution in [0.3, 0.4) is 0 Å². The van der Waals surface area contributed by atoms with Crippen molar-refractivity contribution in [2.45, 2.75) is 36.7 Å². The minimum Gasteiger partial charge on any atom is -0.477 e. The van der Waals surface area contributed by atoms with Gasteiger partial charge in [-0.3, -0.25) is 9.59 Å². The van der Waals surface area contributed by atoms with Crippen LogP contribution >= 0.6 is 11.6 Å². The van der Waals surface area contributed by atoms with Gasteiger partial charge in [-0.1, -0.05) is 36.6 Å². The first-order valence-corrected chi connectivity index (χ1v) is 12.3. The van der Waals surface area contributed by atoms with E-state index in [1.807, 2.05) is 0 Å². The van der Waals surface area contributed by atoms with E-state index in [4.69, 9.17) is 22.1 Å². The molecule has 2 aromatic carbocycles. The summed E-state index contributed by atoms with van der Waals surface area (Å²) in [5, 5.41) is 0.0585. The Morgan fingerprint density at radius 2 is 1.72 bits per heavy atom. The van der Waals surface area contributed by atoms with E-state index in [2.05, 4.69) is 0 Å². The first-order chi connectivity index (χ1) is 15.3. The topological polar surface area (TPSA) is 110 Å². The standard InChI is InChI=1S/C22H24ClN3O5S/c23-16-10-9-15(13-20(16)32(29,30)25-11-5-1-2-6-12-25)22(28)26-14-19(21(24)27)31-18-8-4-3-7-17(18)26/h3-4,7-10,13,19H,1-2,5-6,11-12,14H2,(H2,24,27)/t19-/m0/s1. The summed E-state index contributed by atoms with van der Waals surface area (Å²) in [7, 11) is -3.86. The van der Waals surface area contributed by atoms with Crippen molar-refractivity contribution in [2.24, 2.45) is 5.73 Å². The summed E-state index contributed by atoms with van der Waals surface area (Å²) >= 11 is 6.27. The highest BCUT2D eigenvalue weighted by Gasteiger charge is 2.34. The highest BCUT2D eigenvalue weighted by molar-refractivity contribution is 7.89. The number of anilines is 1. The van der Waals surface area contributed by atoms with Crippen LogP contribution in [0.1, 0.15) is 36.0 Å². The molecule has 170 valence electrons. The van der Waals surface area contributed by atoms with Crippen molar-refractivity contribution in [2.75, 3.05) is 24.5 Å². The molecule has 0 radical (unpaired) electrons. The number of carbonyl (C=O) groups is 2. The average Bonchev–Trinajstić information content (AvgIpc) is 3.08. The number of nitrogens with two attached hydrogens (primary N) is 1. The number of rotatable bonds is 4. The number of sulfonamides is 1. The van der Waals surface area contributed by atoms with Crippen LogP contribution in [0.2, 0.25) is 5.02 Å². The molecule has 1 saturated heterocycles. The van der Waals surface area contributed by atoms with Crippen molar-refractivity contribution in [1.82, 2.24) is 4.31 Å². The molecule has 0 aromatic heterocycles. The van der Waals surface area contributed by atoms with Gasteiger partial charge >= 0.3 is 0 Å². The van der Waals surface area contributed by atoms with Crippen LogP contribution in [-0.2, 0) is 14.8 Å². The van der Waals surface area contributed by atoms with Crippen LogP contribution in [0.4, 0.5) is 5.69 Å². The Bertz CT molecular complexity index is 1150. The van der Waals surface area contributed by atoms with Crippen LogP contribution in [-0.4, -0.2) is 50.3 Å². The number of nitrogens with zero attached hydrogens (tertiary/aromatic N) is 2. The number of fused-ring (bicyclic) bond motifs is 1. The summed E-state index contributed by atoms with van der Waals surface area (Å²) in [5.41, 5.74) is 6.03. The van der Waals surface area contributed by atoms with Gasteiger partial charge < -0.3 is 15.4 Å². The molecule has 1 atom stereocenters. The molecule has 0 saturated carbocycles. The number of benzene rings is 2. The van der Waals surface area contributed by atoms with Crippen molar-refractivity contribution < 1.29 is 22.7 Å². The van der Waals surface area contributed by atoms with E-state index in [0.717, 1.165) is 25.7 Å². The fraction of sp³-hybridized carbons (Fsp3) is 0.364. The summed E-state index contributed by atoms with van der Waals surface area (Å²) < 4.78 is 33.6. The van der Waals surface area contributed by atoms with E-state index in [-0.39, 0.29) is 22.0 Å². The Kier molecular flexibility index (Phi) is 6.41. The number of para-hydroxylation sites is 2. The average molecular weight is 478 g/mol. The predicted molar refractivity (Wildman–Crippen MR) is 120 cm³/mol. The molecule has 0 bridgehead atoms. The van der Waals surface area contributed by atoms with Gasteiger partial charge in [0.15, 0.2) is 6.10 Å². The van der Waals surface area contributed by atoms with Crippen molar-refractivity contribution in [3.8, 4) is 5.75 Å². The largest absolute Gasteiger partial charge is 0.477 e. The third-order valence-electron chi connectivity index (χ3n) is 5.70. The van der Waals surface area contributed by atoms with Crippen molar-refractivity contribution in [1.29, 1.82) is 0 Å². The van der Waals surface area contributed by atoms with E-state index in [1.54, 1.807) is 24.3 Å². The first-order valence-electron chi connectivity index (χ1n) is 10.5. The van der Waals surface area contributed by atoms with Crippen LogP contribution in [0.25, 0.3) is 0 Å². The number of hydrogen-bond donors (Lipinski definition) is 1. The maximum absolute atomic E-state index is 13.4. The Hall–Kier alpha value is -2.62. The Balaban J connectivity index is 1.70. The zero-order valence-electron chi connectivity index (χ0n) is 17.4. The summed E-state index contributed by atoms with van der Waals surface area (Å²) in [6.45, 7) is 0.768. The molecule has 4 rings (SSSR count). The van der Waals surface area contributed by atoms with Crippen molar-refractivity contribution >= 4 is 39.1 Å². The smallest absolute Gasteiger partial charge is 0.260 e. The van der Waals surface area contributed by atoms with Gasteiger partial charge in [-0.05, 0) is 43.2 Å². The van der Waals surface area contributed by atoms with Gasteiger partial charge in [0, 0.05) is 18.7 Å². The Morgan fingerprint density at radius 1 is 1.03 bits per heavy atom. The van der Waals surface area contributed by atoms with Crippen molar-refractivity contribution in [3.63, 3.8) is 0 Å². The lowest BCUT2D eigenvalue weighted by molar-refractivity contribution is -0.124. The van der Waals surface area contributed by atoms with Gasteiger partial charge in [-0.25, -0.2) is 8.42 Å². The lowest BCUT2D eigenvalue weighted by Crippen LogP contribution is -2.49.